The van der Waals surface area contributed by atoms with Crippen molar-refractivity contribution in [3.8, 4) is 0 Å². The third kappa shape index (κ3) is 4.86. The second-order valence-corrected chi connectivity index (χ2v) is 4.45. The maximum Gasteiger partial charge on any atom is 0.106 e. The van der Waals surface area contributed by atoms with Gasteiger partial charge in [-0.3, -0.25) is 4.98 Å². The highest BCUT2D eigenvalue weighted by atomic mass is 16.3. The lowest BCUT2D eigenvalue weighted by Crippen LogP contribution is -2.26. The Morgan fingerprint density at radius 2 is 1.71 bits per heavy atom. The van der Waals surface area contributed by atoms with Crippen LogP contribution in [0.5, 0.6) is 0 Å². The van der Waals surface area contributed by atoms with Crippen molar-refractivity contribution in [2.24, 2.45) is 0 Å². The van der Waals surface area contributed by atoms with Gasteiger partial charge in [-0.05, 0) is 25.0 Å². The molecule has 1 heterocycles. The van der Waals surface area contributed by atoms with Crippen molar-refractivity contribution in [3.63, 3.8) is 0 Å². The molecule has 17 heavy (non-hydrogen) atoms. The quantitative estimate of drug-likeness (QED) is 0.767. The van der Waals surface area contributed by atoms with Gasteiger partial charge in [-0.15, -0.1) is 0 Å². The van der Waals surface area contributed by atoms with Crippen molar-refractivity contribution in [2.75, 3.05) is 0 Å². The molecule has 0 aromatic carbocycles. The van der Waals surface area contributed by atoms with Crippen molar-refractivity contribution < 1.29 is 5.11 Å². The van der Waals surface area contributed by atoms with E-state index in [-0.39, 0.29) is 7.43 Å². The number of aromatic nitrogens is 1. The SMILES string of the molecule is C.CCCCC(O)(CCCC)c1ccccn1. The van der Waals surface area contributed by atoms with Crippen LogP contribution in [0.4, 0.5) is 0 Å². The molecule has 0 spiro atoms. The summed E-state index contributed by atoms with van der Waals surface area (Å²) in [6, 6.07) is 5.78. The van der Waals surface area contributed by atoms with E-state index in [1.165, 1.54) is 0 Å². The molecule has 1 N–H and O–H groups in total. The number of unbranched alkanes of at least 4 members (excludes halogenated alkanes) is 2. The molecule has 0 atom stereocenters. The second-order valence-electron chi connectivity index (χ2n) is 4.45. The van der Waals surface area contributed by atoms with Gasteiger partial charge in [-0.25, -0.2) is 0 Å². The van der Waals surface area contributed by atoms with Crippen LogP contribution in [0.2, 0.25) is 0 Å². The van der Waals surface area contributed by atoms with Gasteiger partial charge in [0.25, 0.3) is 0 Å². The Hall–Kier alpha value is -0.890. The number of rotatable bonds is 7. The molecule has 0 fully saturated rings. The first-order valence-electron chi connectivity index (χ1n) is 6.37. The summed E-state index contributed by atoms with van der Waals surface area (Å²) < 4.78 is 0. The zero-order valence-electron chi connectivity index (χ0n) is 10.4. The molecule has 1 aromatic heterocycles. The van der Waals surface area contributed by atoms with E-state index in [1.807, 2.05) is 18.2 Å². The van der Waals surface area contributed by atoms with Crippen molar-refractivity contribution in [2.45, 2.75) is 65.4 Å². The first-order chi connectivity index (χ1) is 7.73. The van der Waals surface area contributed by atoms with Crippen molar-refractivity contribution in [1.29, 1.82) is 0 Å². The van der Waals surface area contributed by atoms with Gasteiger partial charge in [0.15, 0.2) is 0 Å². The molecule has 0 bridgehead atoms. The van der Waals surface area contributed by atoms with Crippen LogP contribution < -0.4 is 0 Å². The molecule has 0 unspecified atom stereocenters. The molecule has 2 nitrogen and oxygen atoms in total. The van der Waals surface area contributed by atoms with Crippen molar-refractivity contribution in [3.05, 3.63) is 30.1 Å². The van der Waals surface area contributed by atoms with Gasteiger partial charge in [0.05, 0.1) is 5.69 Å². The van der Waals surface area contributed by atoms with Gasteiger partial charge < -0.3 is 5.11 Å². The lowest BCUT2D eigenvalue weighted by molar-refractivity contribution is 0.00994. The van der Waals surface area contributed by atoms with Gasteiger partial charge >= 0.3 is 0 Å². The van der Waals surface area contributed by atoms with Gasteiger partial charge in [-0.1, -0.05) is 53.0 Å². The Kier molecular flexibility index (Phi) is 7.81. The summed E-state index contributed by atoms with van der Waals surface area (Å²) in [4.78, 5) is 4.31. The minimum atomic E-state index is -0.715. The van der Waals surface area contributed by atoms with E-state index in [4.69, 9.17) is 0 Å². The summed E-state index contributed by atoms with van der Waals surface area (Å²) in [7, 11) is 0. The van der Waals surface area contributed by atoms with E-state index in [1.54, 1.807) is 6.20 Å². The van der Waals surface area contributed by atoms with E-state index in [0.29, 0.717) is 0 Å². The maximum absolute atomic E-state index is 10.7. The van der Waals surface area contributed by atoms with Crippen molar-refractivity contribution in [1.82, 2.24) is 4.98 Å². The molecular formula is C15H27NO. The van der Waals surface area contributed by atoms with Gasteiger partial charge in [-0.2, -0.15) is 0 Å². The minimum Gasteiger partial charge on any atom is -0.384 e. The summed E-state index contributed by atoms with van der Waals surface area (Å²) in [6.07, 6.45) is 7.73. The zero-order valence-corrected chi connectivity index (χ0v) is 10.4. The van der Waals surface area contributed by atoms with E-state index >= 15 is 0 Å². The van der Waals surface area contributed by atoms with Gasteiger partial charge in [0.1, 0.15) is 5.60 Å². The molecule has 1 rings (SSSR count). The Bertz CT molecular complexity index is 276. The van der Waals surface area contributed by atoms with E-state index in [9.17, 15) is 5.11 Å². The van der Waals surface area contributed by atoms with Crippen LogP contribution in [0, 0.1) is 0 Å². The molecule has 0 aliphatic carbocycles. The summed E-state index contributed by atoms with van der Waals surface area (Å²) in [5.41, 5.74) is 0.115. The largest absolute Gasteiger partial charge is 0.384 e. The number of hydrogen-bond donors (Lipinski definition) is 1. The number of aliphatic hydroxyl groups is 1. The topological polar surface area (TPSA) is 33.1 Å². The number of hydrogen-bond acceptors (Lipinski definition) is 2. The molecule has 0 saturated heterocycles. The van der Waals surface area contributed by atoms with Crippen LogP contribution in [-0.2, 0) is 5.60 Å². The fourth-order valence-corrected chi connectivity index (χ4v) is 1.96. The predicted molar refractivity (Wildman–Crippen MR) is 73.9 cm³/mol. The molecule has 0 radical (unpaired) electrons. The highest BCUT2D eigenvalue weighted by Crippen LogP contribution is 2.30. The summed E-state index contributed by atoms with van der Waals surface area (Å²) in [6.45, 7) is 4.30. The summed E-state index contributed by atoms with van der Waals surface area (Å²) >= 11 is 0. The third-order valence-corrected chi connectivity index (χ3v) is 3.03. The molecule has 1 aromatic rings. The first kappa shape index (κ1) is 16.1. The minimum absolute atomic E-state index is 0. The molecule has 0 aliphatic heterocycles. The average molecular weight is 237 g/mol. The second kappa shape index (κ2) is 8.24. The summed E-state index contributed by atoms with van der Waals surface area (Å²) in [5.74, 6) is 0. The zero-order chi connectivity index (χ0) is 11.9. The van der Waals surface area contributed by atoms with Crippen LogP contribution in [-0.4, -0.2) is 10.1 Å². The Morgan fingerprint density at radius 1 is 1.12 bits per heavy atom. The maximum atomic E-state index is 10.7. The smallest absolute Gasteiger partial charge is 0.106 e. The molecule has 0 aliphatic rings. The fourth-order valence-electron chi connectivity index (χ4n) is 1.96. The normalized spacial score (nSPS) is 11.0. The molecule has 0 amide bonds. The third-order valence-electron chi connectivity index (χ3n) is 3.03. The van der Waals surface area contributed by atoms with E-state index in [2.05, 4.69) is 18.8 Å². The first-order valence-corrected chi connectivity index (χ1v) is 6.37. The van der Waals surface area contributed by atoms with Gasteiger partial charge in [0, 0.05) is 6.20 Å². The molecular weight excluding hydrogens is 210 g/mol. The van der Waals surface area contributed by atoms with E-state index < -0.39 is 5.60 Å². The lowest BCUT2D eigenvalue weighted by Gasteiger charge is -2.27. The van der Waals surface area contributed by atoms with Crippen LogP contribution in [0.3, 0.4) is 0 Å². The number of pyridine rings is 1. The molecule has 2 heteroatoms. The van der Waals surface area contributed by atoms with Crippen LogP contribution in [0.15, 0.2) is 24.4 Å². The molecule has 98 valence electrons. The van der Waals surface area contributed by atoms with Gasteiger partial charge in [0.2, 0.25) is 0 Å². The highest BCUT2D eigenvalue weighted by molar-refractivity contribution is 5.12. The fraction of sp³-hybridized carbons (Fsp3) is 0.667. The lowest BCUT2D eigenvalue weighted by atomic mass is 9.87. The van der Waals surface area contributed by atoms with Crippen molar-refractivity contribution >= 4 is 0 Å². The Morgan fingerprint density at radius 3 is 2.12 bits per heavy atom. The number of nitrogens with zero attached hydrogens (tertiary/aromatic N) is 1. The molecule has 0 saturated carbocycles. The Labute approximate surface area is 106 Å². The van der Waals surface area contributed by atoms with Crippen LogP contribution >= 0.6 is 0 Å². The van der Waals surface area contributed by atoms with Crippen LogP contribution in [0.1, 0.15) is 65.5 Å². The monoisotopic (exact) mass is 237 g/mol. The summed E-state index contributed by atoms with van der Waals surface area (Å²) in [5, 5.41) is 10.7. The standard InChI is InChI=1S/C14H23NO.CH4/c1-3-5-10-14(16,11-6-4-2)13-9-7-8-12-15-13;/h7-9,12,16H,3-6,10-11H2,1-2H3;1H4. The average Bonchev–Trinajstić information content (AvgIpc) is 2.35. The predicted octanol–water partition coefficient (Wildman–Crippen LogP) is 4.29. The highest BCUT2D eigenvalue weighted by Gasteiger charge is 2.28. The van der Waals surface area contributed by atoms with E-state index in [0.717, 1.165) is 44.2 Å². The Balaban J connectivity index is 0.00000256. The van der Waals surface area contributed by atoms with Crippen LogP contribution in [0.25, 0.3) is 0 Å².